The zero-order valence-electron chi connectivity index (χ0n) is 12.2. The molecule has 2 atom stereocenters. The van der Waals surface area contributed by atoms with Gasteiger partial charge in [0.05, 0.1) is 11.6 Å². The number of carbonyl (C=O) groups excluding carboxylic acids is 1. The summed E-state index contributed by atoms with van der Waals surface area (Å²) >= 11 is 0. The van der Waals surface area contributed by atoms with Crippen LogP contribution in [0.1, 0.15) is 50.3 Å². The second kappa shape index (κ2) is 7.45. The quantitative estimate of drug-likeness (QED) is 0.846. The highest BCUT2D eigenvalue weighted by Crippen LogP contribution is 2.29. The van der Waals surface area contributed by atoms with Crippen molar-refractivity contribution in [1.29, 1.82) is 0 Å². The van der Waals surface area contributed by atoms with Gasteiger partial charge in [-0.05, 0) is 31.0 Å². The molecule has 3 N–H and O–H groups in total. The van der Waals surface area contributed by atoms with Crippen molar-refractivity contribution >= 4 is 5.91 Å². The highest BCUT2D eigenvalue weighted by atomic mass is 19.4. The Morgan fingerprint density at radius 2 is 1.86 bits per heavy atom. The number of rotatable bonds is 6. The molecule has 2 unspecified atom stereocenters. The minimum Gasteiger partial charge on any atom is -0.350 e. The van der Waals surface area contributed by atoms with Gasteiger partial charge in [-0.15, -0.1) is 0 Å². The lowest BCUT2D eigenvalue weighted by Gasteiger charge is -2.17. The van der Waals surface area contributed by atoms with Gasteiger partial charge in [-0.3, -0.25) is 4.79 Å². The molecule has 118 valence electrons. The first-order chi connectivity index (χ1) is 9.74. The van der Waals surface area contributed by atoms with Crippen molar-refractivity contribution in [1.82, 2.24) is 5.32 Å². The molecule has 0 radical (unpaired) electrons. The zero-order valence-corrected chi connectivity index (χ0v) is 12.2. The molecule has 0 aliphatic rings. The maximum Gasteiger partial charge on any atom is 0.416 e. The molecule has 1 amide bonds. The summed E-state index contributed by atoms with van der Waals surface area (Å²) in [6, 6.07) is 4.24. The van der Waals surface area contributed by atoms with E-state index in [1.807, 2.05) is 6.92 Å². The number of nitrogens with one attached hydrogen (secondary N) is 1. The fourth-order valence-electron chi connectivity index (χ4n) is 2.06. The number of benzene rings is 1. The number of carbonyl (C=O) groups is 1. The van der Waals surface area contributed by atoms with Gasteiger partial charge in [-0.25, -0.2) is 0 Å². The second-order valence-corrected chi connectivity index (χ2v) is 5.16. The Bertz CT molecular complexity index is 457. The molecule has 21 heavy (non-hydrogen) atoms. The minimum atomic E-state index is -4.35. The number of nitrogens with two attached hydrogens (primary N) is 1. The van der Waals surface area contributed by atoms with Crippen molar-refractivity contribution in [3.63, 3.8) is 0 Å². The van der Waals surface area contributed by atoms with Crippen LogP contribution in [-0.4, -0.2) is 11.9 Å². The monoisotopic (exact) mass is 302 g/mol. The lowest BCUT2D eigenvalue weighted by molar-refractivity contribution is -0.137. The topological polar surface area (TPSA) is 55.1 Å². The van der Waals surface area contributed by atoms with E-state index in [-0.39, 0.29) is 24.4 Å². The van der Waals surface area contributed by atoms with Crippen LogP contribution in [0.2, 0.25) is 0 Å². The highest BCUT2D eigenvalue weighted by molar-refractivity contribution is 5.77. The molecular formula is C15H21F3N2O. The lowest BCUT2D eigenvalue weighted by Crippen LogP contribution is -2.33. The van der Waals surface area contributed by atoms with Gasteiger partial charge in [0.2, 0.25) is 5.91 Å². The van der Waals surface area contributed by atoms with Gasteiger partial charge in [-0.1, -0.05) is 25.5 Å². The summed E-state index contributed by atoms with van der Waals surface area (Å²) in [5.41, 5.74) is 5.71. The van der Waals surface area contributed by atoms with Gasteiger partial charge in [0.25, 0.3) is 0 Å². The van der Waals surface area contributed by atoms with Gasteiger partial charge < -0.3 is 11.1 Å². The zero-order chi connectivity index (χ0) is 16.0. The van der Waals surface area contributed by atoms with E-state index >= 15 is 0 Å². The molecule has 1 aromatic rings. The van der Waals surface area contributed by atoms with Crippen LogP contribution in [-0.2, 0) is 11.0 Å². The molecular weight excluding hydrogens is 281 g/mol. The van der Waals surface area contributed by atoms with E-state index in [0.29, 0.717) is 5.56 Å². The van der Waals surface area contributed by atoms with E-state index in [9.17, 15) is 18.0 Å². The molecule has 0 fully saturated rings. The maximum absolute atomic E-state index is 12.5. The summed E-state index contributed by atoms with van der Waals surface area (Å²) in [6.07, 6.45) is -2.46. The normalized spacial score (nSPS) is 14.6. The summed E-state index contributed by atoms with van der Waals surface area (Å²) in [7, 11) is 0. The molecule has 1 rings (SSSR count). The summed E-state index contributed by atoms with van der Waals surface area (Å²) in [4.78, 5) is 11.8. The molecule has 0 bridgehead atoms. The van der Waals surface area contributed by atoms with Crippen molar-refractivity contribution in [2.45, 2.75) is 51.4 Å². The predicted molar refractivity (Wildman–Crippen MR) is 75.5 cm³/mol. The first kappa shape index (κ1) is 17.5. The van der Waals surface area contributed by atoms with Crippen molar-refractivity contribution in [3.05, 3.63) is 35.4 Å². The standard InChI is InChI=1S/C15H21F3N2O/c1-3-4-13(19)9-14(21)20-10(2)11-5-7-12(8-6-11)15(16,17)18/h5-8,10,13H,3-4,9,19H2,1-2H3,(H,20,21). The van der Waals surface area contributed by atoms with Gasteiger partial charge in [0.15, 0.2) is 0 Å². The molecule has 3 nitrogen and oxygen atoms in total. The predicted octanol–water partition coefficient (Wildman–Crippen LogP) is 3.40. The summed E-state index contributed by atoms with van der Waals surface area (Å²) in [6.45, 7) is 3.72. The fraction of sp³-hybridized carbons (Fsp3) is 0.533. The molecule has 1 aromatic carbocycles. The first-order valence-electron chi connectivity index (χ1n) is 6.96. The van der Waals surface area contributed by atoms with Crippen LogP contribution in [0.3, 0.4) is 0 Å². The third-order valence-corrected chi connectivity index (χ3v) is 3.22. The van der Waals surface area contributed by atoms with Crippen molar-refractivity contribution in [2.75, 3.05) is 0 Å². The molecule has 0 saturated heterocycles. The Labute approximate surface area is 122 Å². The van der Waals surface area contributed by atoms with Gasteiger partial charge in [0, 0.05) is 12.5 Å². The Morgan fingerprint density at radius 3 is 2.33 bits per heavy atom. The fourth-order valence-corrected chi connectivity index (χ4v) is 2.06. The highest BCUT2D eigenvalue weighted by Gasteiger charge is 2.30. The second-order valence-electron chi connectivity index (χ2n) is 5.16. The Morgan fingerprint density at radius 1 is 1.29 bits per heavy atom. The van der Waals surface area contributed by atoms with Crippen molar-refractivity contribution < 1.29 is 18.0 Å². The van der Waals surface area contributed by atoms with Crippen molar-refractivity contribution in [2.24, 2.45) is 5.73 Å². The maximum atomic E-state index is 12.5. The number of hydrogen-bond acceptors (Lipinski definition) is 2. The average Bonchev–Trinajstić information content (AvgIpc) is 2.37. The third kappa shape index (κ3) is 5.75. The van der Waals surface area contributed by atoms with Crippen LogP contribution in [0.5, 0.6) is 0 Å². The molecule has 0 aromatic heterocycles. The van der Waals surface area contributed by atoms with Crippen LogP contribution < -0.4 is 11.1 Å². The van der Waals surface area contributed by atoms with E-state index < -0.39 is 11.7 Å². The minimum absolute atomic E-state index is 0.185. The Hall–Kier alpha value is -1.56. The van der Waals surface area contributed by atoms with E-state index in [0.717, 1.165) is 25.0 Å². The van der Waals surface area contributed by atoms with Gasteiger partial charge >= 0.3 is 6.18 Å². The smallest absolute Gasteiger partial charge is 0.350 e. The summed E-state index contributed by atoms with van der Waals surface area (Å²) in [5.74, 6) is -0.191. The summed E-state index contributed by atoms with van der Waals surface area (Å²) in [5, 5.41) is 2.74. The van der Waals surface area contributed by atoms with Crippen LogP contribution in [0.15, 0.2) is 24.3 Å². The molecule has 0 saturated carbocycles. The molecule has 0 spiro atoms. The van der Waals surface area contributed by atoms with Gasteiger partial charge in [-0.2, -0.15) is 13.2 Å². The Kier molecular flexibility index (Phi) is 6.20. The SMILES string of the molecule is CCCC(N)CC(=O)NC(C)c1ccc(C(F)(F)F)cc1. The molecule has 0 aliphatic carbocycles. The Balaban J connectivity index is 2.59. The lowest BCUT2D eigenvalue weighted by atomic mass is 10.0. The number of amides is 1. The van der Waals surface area contributed by atoms with Gasteiger partial charge in [0.1, 0.15) is 0 Å². The summed E-state index contributed by atoms with van der Waals surface area (Å²) < 4.78 is 37.4. The van der Waals surface area contributed by atoms with E-state index in [1.54, 1.807) is 6.92 Å². The van der Waals surface area contributed by atoms with Crippen LogP contribution in [0.4, 0.5) is 13.2 Å². The van der Waals surface area contributed by atoms with Crippen molar-refractivity contribution in [3.8, 4) is 0 Å². The molecule has 0 aliphatic heterocycles. The molecule has 0 heterocycles. The average molecular weight is 302 g/mol. The van der Waals surface area contributed by atoms with Crippen LogP contribution in [0, 0.1) is 0 Å². The van der Waals surface area contributed by atoms with E-state index in [2.05, 4.69) is 5.32 Å². The number of alkyl halides is 3. The molecule has 6 heteroatoms. The van der Waals surface area contributed by atoms with Crippen LogP contribution in [0.25, 0.3) is 0 Å². The number of hydrogen-bond donors (Lipinski definition) is 2. The van der Waals surface area contributed by atoms with E-state index in [1.165, 1.54) is 12.1 Å². The first-order valence-corrected chi connectivity index (χ1v) is 6.96. The largest absolute Gasteiger partial charge is 0.416 e. The van der Waals surface area contributed by atoms with E-state index in [4.69, 9.17) is 5.73 Å². The third-order valence-electron chi connectivity index (χ3n) is 3.22. The van der Waals surface area contributed by atoms with Crippen LogP contribution >= 0.6 is 0 Å². The number of halogens is 3.